The van der Waals surface area contributed by atoms with Crippen molar-refractivity contribution in [1.29, 1.82) is 0 Å². The van der Waals surface area contributed by atoms with Gasteiger partial charge in [0.05, 0.1) is 5.69 Å². The topological polar surface area (TPSA) is 55.6 Å². The molecule has 0 fully saturated rings. The van der Waals surface area contributed by atoms with Crippen LogP contribution in [0.2, 0.25) is 0 Å². The molecule has 0 aliphatic rings. The van der Waals surface area contributed by atoms with Crippen LogP contribution < -0.4 is 5.32 Å². The van der Waals surface area contributed by atoms with E-state index < -0.39 is 0 Å². The molecule has 0 saturated carbocycles. The van der Waals surface area contributed by atoms with Crippen LogP contribution in [-0.2, 0) is 20.1 Å². The standard InChI is InChI=1S/C16H19N5/c1-11-7-17-5-4-14(11)10-18-8-13-6-15-12(2)20-21(3)16(15)19-9-13/h4-7,9,18H,8,10H2,1-3H3. The number of hydrogen-bond donors (Lipinski definition) is 1. The Balaban J connectivity index is 1.71. The minimum absolute atomic E-state index is 0.791. The maximum Gasteiger partial charge on any atom is 0.157 e. The van der Waals surface area contributed by atoms with Gasteiger partial charge in [-0.1, -0.05) is 0 Å². The van der Waals surface area contributed by atoms with E-state index in [4.69, 9.17) is 0 Å². The first kappa shape index (κ1) is 13.7. The van der Waals surface area contributed by atoms with Crippen LogP contribution in [0.15, 0.2) is 30.7 Å². The van der Waals surface area contributed by atoms with E-state index in [0.717, 1.165) is 29.8 Å². The third kappa shape index (κ3) is 2.78. The lowest BCUT2D eigenvalue weighted by Gasteiger charge is -2.07. The van der Waals surface area contributed by atoms with E-state index in [2.05, 4.69) is 39.4 Å². The van der Waals surface area contributed by atoms with Gasteiger partial charge < -0.3 is 5.32 Å². The lowest BCUT2D eigenvalue weighted by Crippen LogP contribution is -2.13. The fraction of sp³-hybridized carbons (Fsp3) is 0.312. The Hall–Kier alpha value is -2.27. The first-order valence-electron chi connectivity index (χ1n) is 7.03. The smallest absolute Gasteiger partial charge is 0.157 e. The predicted octanol–water partition coefficient (Wildman–Crippen LogP) is 2.27. The van der Waals surface area contributed by atoms with Crippen molar-refractivity contribution >= 4 is 11.0 Å². The van der Waals surface area contributed by atoms with E-state index in [9.17, 15) is 0 Å². The minimum Gasteiger partial charge on any atom is -0.309 e. The van der Waals surface area contributed by atoms with Gasteiger partial charge >= 0.3 is 0 Å². The molecule has 108 valence electrons. The van der Waals surface area contributed by atoms with Gasteiger partial charge in [0, 0.05) is 44.1 Å². The van der Waals surface area contributed by atoms with Crippen LogP contribution >= 0.6 is 0 Å². The number of pyridine rings is 2. The highest BCUT2D eigenvalue weighted by atomic mass is 15.3. The van der Waals surface area contributed by atoms with Crippen molar-refractivity contribution in [3.05, 3.63) is 53.1 Å². The maximum absolute atomic E-state index is 4.50. The highest BCUT2D eigenvalue weighted by Gasteiger charge is 2.07. The molecule has 0 unspecified atom stereocenters. The fourth-order valence-electron chi connectivity index (χ4n) is 2.49. The Bertz CT molecular complexity index is 775. The number of nitrogens with one attached hydrogen (secondary N) is 1. The normalized spacial score (nSPS) is 11.2. The average Bonchev–Trinajstić information content (AvgIpc) is 2.76. The lowest BCUT2D eigenvalue weighted by atomic mass is 10.1. The van der Waals surface area contributed by atoms with Crippen LogP contribution in [0.3, 0.4) is 0 Å². The van der Waals surface area contributed by atoms with Crippen molar-refractivity contribution in [2.45, 2.75) is 26.9 Å². The molecular weight excluding hydrogens is 262 g/mol. The van der Waals surface area contributed by atoms with E-state index >= 15 is 0 Å². The van der Waals surface area contributed by atoms with Crippen LogP contribution in [0.25, 0.3) is 11.0 Å². The Labute approximate surface area is 124 Å². The summed E-state index contributed by atoms with van der Waals surface area (Å²) >= 11 is 0. The van der Waals surface area contributed by atoms with Crippen molar-refractivity contribution in [1.82, 2.24) is 25.1 Å². The Morgan fingerprint density at radius 1 is 1.19 bits per heavy atom. The van der Waals surface area contributed by atoms with Crippen LogP contribution in [-0.4, -0.2) is 19.7 Å². The van der Waals surface area contributed by atoms with Crippen molar-refractivity contribution < 1.29 is 0 Å². The minimum atomic E-state index is 0.791. The third-order valence-corrected chi connectivity index (χ3v) is 3.70. The summed E-state index contributed by atoms with van der Waals surface area (Å²) in [6.07, 6.45) is 5.64. The summed E-state index contributed by atoms with van der Waals surface area (Å²) in [5.41, 5.74) is 5.61. The number of aryl methyl sites for hydroxylation is 3. The summed E-state index contributed by atoms with van der Waals surface area (Å²) in [6, 6.07) is 4.21. The first-order valence-corrected chi connectivity index (χ1v) is 7.03. The van der Waals surface area contributed by atoms with Gasteiger partial charge in [-0.2, -0.15) is 5.10 Å². The molecule has 5 nitrogen and oxygen atoms in total. The van der Waals surface area contributed by atoms with Crippen molar-refractivity contribution in [3.63, 3.8) is 0 Å². The number of aromatic nitrogens is 4. The summed E-state index contributed by atoms with van der Waals surface area (Å²) in [6.45, 7) is 5.72. The monoisotopic (exact) mass is 281 g/mol. The number of hydrogen-bond acceptors (Lipinski definition) is 4. The molecule has 5 heteroatoms. The second-order valence-electron chi connectivity index (χ2n) is 5.33. The maximum atomic E-state index is 4.50. The molecule has 21 heavy (non-hydrogen) atoms. The molecule has 0 spiro atoms. The largest absolute Gasteiger partial charge is 0.309 e. The number of fused-ring (bicyclic) bond motifs is 1. The quantitative estimate of drug-likeness (QED) is 0.797. The molecule has 0 bridgehead atoms. The fourth-order valence-corrected chi connectivity index (χ4v) is 2.49. The van der Waals surface area contributed by atoms with Gasteiger partial charge in [-0.3, -0.25) is 9.67 Å². The summed E-state index contributed by atoms with van der Waals surface area (Å²) in [4.78, 5) is 8.61. The zero-order valence-electron chi connectivity index (χ0n) is 12.6. The van der Waals surface area contributed by atoms with Gasteiger partial charge in [0.2, 0.25) is 0 Å². The molecule has 0 aliphatic heterocycles. The van der Waals surface area contributed by atoms with Gasteiger partial charge in [-0.25, -0.2) is 4.98 Å². The van der Waals surface area contributed by atoms with Gasteiger partial charge in [-0.05, 0) is 42.7 Å². The molecule has 3 heterocycles. The molecule has 0 amide bonds. The highest BCUT2D eigenvalue weighted by Crippen LogP contribution is 2.16. The zero-order chi connectivity index (χ0) is 14.8. The van der Waals surface area contributed by atoms with Gasteiger partial charge in [0.25, 0.3) is 0 Å². The van der Waals surface area contributed by atoms with Crippen LogP contribution in [0.1, 0.15) is 22.4 Å². The first-order chi connectivity index (χ1) is 10.1. The number of rotatable bonds is 4. The van der Waals surface area contributed by atoms with Gasteiger partial charge in [0.15, 0.2) is 5.65 Å². The molecule has 0 atom stereocenters. The SMILES string of the molecule is Cc1cnccc1CNCc1cnc2c(c1)c(C)nn2C. The van der Waals surface area contributed by atoms with Crippen LogP contribution in [0, 0.1) is 13.8 Å². The predicted molar refractivity (Wildman–Crippen MR) is 82.8 cm³/mol. The van der Waals surface area contributed by atoms with E-state index in [0.29, 0.717) is 0 Å². The Kier molecular flexibility index (Phi) is 3.66. The molecule has 1 N–H and O–H groups in total. The molecule has 0 radical (unpaired) electrons. The van der Waals surface area contributed by atoms with E-state index in [1.165, 1.54) is 16.7 Å². The van der Waals surface area contributed by atoms with Gasteiger partial charge in [-0.15, -0.1) is 0 Å². The molecule has 3 aromatic rings. The molecular formula is C16H19N5. The van der Waals surface area contributed by atoms with E-state index in [1.807, 2.05) is 37.2 Å². The molecule has 0 aliphatic carbocycles. The molecule has 3 rings (SSSR count). The second-order valence-corrected chi connectivity index (χ2v) is 5.33. The Morgan fingerprint density at radius 2 is 2.05 bits per heavy atom. The Morgan fingerprint density at radius 3 is 2.86 bits per heavy atom. The summed E-state index contributed by atoms with van der Waals surface area (Å²) in [5, 5.41) is 8.97. The molecule has 0 aromatic carbocycles. The zero-order valence-corrected chi connectivity index (χ0v) is 12.6. The van der Waals surface area contributed by atoms with E-state index in [1.54, 1.807) is 0 Å². The summed E-state index contributed by atoms with van der Waals surface area (Å²) in [5.74, 6) is 0. The van der Waals surface area contributed by atoms with Crippen molar-refractivity contribution in [2.75, 3.05) is 0 Å². The third-order valence-electron chi connectivity index (χ3n) is 3.70. The summed E-state index contributed by atoms with van der Waals surface area (Å²) < 4.78 is 1.82. The van der Waals surface area contributed by atoms with Crippen LogP contribution in [0.5, 0.6) is 0 Å². The second kappa shape index (κ2) is 5.61. The lowest BCUT2D eigenvalue weighted by molar-refractivity contribution is 0.688. The molecule has 0 saturated heterocycles. The summed E-state index contributed by atoms with van der Waals surface area (Å²) in [7, 11) is 1.92. The van der Waals surface area contributed by atoms with Gasteiger partial charge in [0.1, 0.15) is 0 Å². The van der Waals surface area contributed by atoms with Crippen molar-refractivity contribution in [2.24, 2.45) is 7.05 Å². The molecule has 3 aromatic heterocycles. The van der Waals surface area contributed by atoms with E-state index in [-0.39, 0.29) is 0 Å². The number of nitrogens with zero attached hydrogens (tertiary/aromatic N) is 4. The van der Waals surface area contributed by atoms with Crippen LogP contribution in [0.4, 0.5) is 0 Å². The van der Waals surface area contributed by atoms with Crippen molar-refractivity contribution in [3.8, 4) is 0 Å². The highest BCUT2D eigenvalue weighted by molar-refractivity contribution is 5.78. The average molecular weight is 281 g/mol.